The van der Waals surface area contributed by atoms with E-state index in [2.05, 4.69) is 104 Å². The Morgan fingerprint density at radius 2 is 0.613 bits per heavy atom. The highest BCUT2D eigenvalue weighted by Gasteiger charge is 2.32. The predicted octanol–water partition coefficient (Wildman–Crippen LogP) is 8.88. The standard InChI is InChI=1S/C29H60O2/c1-25(2,3)16-22(27(7,8)9)18-30-20-24(29(13,14)15)21-31-19-23(28(10,11)12)17-26(4,5)6/h22-24H,16-21H2,1-15H3. The van der Waals surface area contributed by atoms with Gasteiger partial charge in [0.2, 0.25) is 0 Å². The normalized spacial score (nSPS) is 17.5. The van der Waals surface area contributed by atoms with Gasteiger partial charge in [-0.2, -0.15) is 0 Å². The van der Waals surface area contributed by atoms with Crippen LogP contribution in [0.2, 0.25) is 0 Å². The van der Waals surface area contributed by atoms with Crippen molar-refractivity contribution in [2.24, 2.45) is 44.8 Å². The highest BCUT2D eigenvalue weighted by atomic mass is 16.5. The van der Waals surface area contributed by atoms with Crippen LogP contribution in [0.15, 0.2) is 0 Å². The molecule has 0 aromatic heterocycles. The molecule has 0 aromatic carbocycles. The highest BCUT2D eigenvalue weighted by molar-refractivity contribution is 4.81. The molecule has 0 N–H and O–H groups in total. The van der Waals surface area contributed by atoms with Crippen molar-refractivity contribution in [3.05, 3.63) is 0 Å². The van der Waals surface area contributed by atoms with E-state index < -0.39 is 0 Å². The molecule has 2 unspecified atom stereocenters. The largest absolute Gasteiger partial charge is 0.381 e. The van der Waals surface area contributed by atoms with E-state index in [9.17, 15) is 0 Å². The van der Waals surface area contributed by atoms with Gasteiger partial charge >= 0.3 is 0 Å². The van der Waals surface area contributed by atoms with Crippen molar-refractivity contribution in [3.8, 4) is 0 Å². The molecule has 188 valence electrons. The van der Waals surface area contributed by atoms with Gasteiger partial charge in [0, 0.05) is 19.1 Å². The van der Waals surface area contributed by atoms with E-state index >= 15 is 0 Å². The van der Waals surface area contributed by atoms with Gasteiger partial charge in [-0.15, -0.1) is 0 Å². The Balaban J connectivity index is 4.95. The maximum absolute atomic E-state index is 6.38. The highest BCUT2D eigenvalue weighted by Crippen LogP contribution is 2.38. The summed E-state index contributed by atoms with van der Waals surface area (Å²) >= 11 is 0. The molecule has 0 saturated carbocycles. The quantitative estimate of drug-likeness (QED) is 0.337. The van der Waals surface area contributed by atoms with Gasteiger partial charge in [-0.3, -0.25) is 0 Å². The van der Waals surface area contributed by atoms with Gasteiger partial charge in [-0.25, -0.2) is 0 Å². The van der Waals surface area contributed by atoms with Gasteiger partial charge in [0.05, 0.1) is 13.2 Å². The summed E-state index contributed by atoms with van der Waals surface area (Å²) in [4.78, 5) is 0. The monoisotopic (exact) mass is 440 g/mol. The Morgan fingerprint density at radius 3 is 0.806 bits per heavy atom. The van der Waals surface area contributed by atoms with Crippen LogP contribution in [0.25, 0.3) is 0 Å². The van der Waals surface area contributed by atoms with Crippen LogP contribution in [-0.4, -0.2) is 26.4 Å². The molecule has 0 saturated heterocycles. The minimum atomic E-state index is 0.169. The second kappa shape index (κ2) is 11.4. The first-order chi connectivity index (χ1) is 13.5. The number of ether oxygens (including phenoxy) is 2. The number of rotatable bonds is 10. The fourth-order valence-corrected chi connectivity index (χ4v) is 3.96. The summed E-state index contributed by atoms with van der Waals surface area (Å²) in [6.07, 6.45) is 2.38. The first-order valence-corrected chi connectivity index (χ1v) is 12.7. The smallest absolute Gasteiger partial charge is 0.0521 e. The molecule has 2 nitrogen and oxygen atoms in total. The second-order valence-electron chi connectivity index (χ2n) is 15.8. The minimum absolute atomic E-state index is 0.169. The minimum Gasteiger partial charge on any atom is -0.381 e. The second-order valence-corrected chi connectivity index (χ2v) is 15.8. The molecule has 2 atom stereocenters. The lowest BCUT2D eigenvalue weighted by Gasteiger charge is -2.38. The molecule has 0 spiro atoms. The summed E-state index contributed by atoms with van der Waals surface area (Å²) in [6, 6.07) is 0. The van der Waals surface area contributed by atoms with E-state index in [-0.39, 0.29) is 16.2 Å². The van der Waals surface area contributed by atoms with Crippen LogP contribution in [0.1, 0.15) is 117 Å². The maximum atomic E-state index is 6.38. The summed E-state index contributed by atoms with van der Waals surface area (Å²) in [6.45, 7) is 38.3. The first kappa shape index (κ1) is 30.9. The Labute approximate surface area is 197 Å². The topological polar surface area (TPSA) is 18.5 Å². The van der Waals surface area contributed by atoms with Crippen LogP contribution in [0, 0.1) is 44.8 Å². The molecule has 0 aliphatic heterocycles. The molecule has 0 amide bonds. The third-order valence-electron chi connectivity index (χ3n) is 6.67. The van der Waals surface area contributed by atoms with E-state index in [1.54, 1.807) is 0 Å². The fourth-order valence-electron chi connectivity index (χ4n) is 3.96. The summed E-state index contributed by atoms with van der Waals surface area (Å²) in [5, 5.41) is 0. The van der Waals surface area contributed by atoms with Crippen LogP contribution < -0.4 is 0 Å². The lowest BCUT2D eigenvalue weighted by atomic mass is 9.72. The van der Waals surface area contributed by atoms with Crippen molar-refractivity contribution in [3.63, 3.8) is 0 Å². The van der Waals surface area contributed by atoms with Crippen molar-refractivity contribution in [1.82, 2.24) is 0 Å². The fraction of sp³-hybridized carbons (Fsp3) is 1.00. The third kappa shape index (κ3) is 14.6. The van der Waals surface area contributed by atoms with Gasteiger partial charge in [0.25, 0.3) is 0 Å². The molecule has 0 rings (SSSR count). The molecular weight excluding hydrogens is 380 g/mol. The molecule has 2 heteroatoms. The van der Waals surface area contributed by atoms with Crippen LogP contribution >= 0.6 is 0 Å². The van der Waals surface area contributed by atoms with Gasteiger partial charge < -0.3 is 9.47 Å². The SMILES string of the molecule is CC(C)(C)CC(COCC(COCC(CC(C)(C)C)C(C)(C)C)C(C)(C)C)C(C)(C)C. The van der Waals surface area contributed by atoms with Crippen molar-refractivity contribution >= 4 is 0 Å². The lowest BCUT2D eigenvalue weighted by Crippen LogP contribution is -2.35. The van der Waals surface area contributed by atoms with Crippen molar-refractivity contribution in [1.29, 1.82) is 0 Å². The molecule has 31 heavy (non-hydrogen) atoms. The summed E-state index contributed by atoms with van der Waals surface area (Å²) in [5.74, 6) is 1.52. The third-order valence-corrected chi connectivity index (χ3v) is 6.67. The van der Waals surface area contributed by atoms with E-state index in [1.807, 2.05) is 0 Å². The van der Waals surface area contributed by atoms with Crippen LogP contribution in [-0.2, 0) is 9.47 Å². The first-order valence-electron chi connectivity index (χ1n) is 12.7. The van der Waals surface area contributed by atoms with Crippen LogP contribution in [0.5, 0.6) is 0 Å². The van der Waals surface area contributed by atoms with E-state index in [4.69, 9.17) is 9.47 Å². The number of hydrogen-bond donors (Lipinski definition) is 0. The van der Waals surface area contributed by atoms with Gasteiger partial charge in [-0.1, -0.05) is 104 Å². The van der Waals surface area contributed by atoms with Gasteiger partial charge in [0.1, 0.15) is 0 Å². The Morgan fingerprint density at radius 1 is 0.387 bits per heavy atom. The van der Waals surface area contributed by atoms with Crippen molar-refractivity contribution < 1.29 is 9.47 Å². The van der Waals surface area contributed by atoms with Gasteiger partial charge in [-0.05, 0) is 51.8 Å². The molecule has 0 radical (unpaired) electrons. The Kier molecular flexibility index (Phi) is 11.3. The molecule has 0 bridgehead atoms. The van der Waals surface area contributed by atoms with Crippen LogP contribution in [0.4, 0.5) is 0 Å². The lowest BCUT2D eigenvalue weighted by molar-refractivity contribution is -0.0451. The van der Waals surface area contributed by atoms with Gasteiger partial charge in [0.15, 0.2) is 0 Å². The van der Waals surface area contributed by atoms with E-state index in [0.717, 1.165) is 26.4 Å². The number of hydrogen-bond acceptors (Lipinski definition) is 2. The van der Waals surface area contributed by atoms with E-state index in [1.165, 1.54) is 12.8 Å². The summed E-state index contributed by atoms with van der Waals surface area (Å²) < 4.78 is 12.8. The summed E-state index contributed by atoms with van der Waals surface area (Å²) in [5.41, 5.74) is 1.33. The maximum Gasteiger partial charge on any atom is 0.0521 e. The molecule has 0 heterocycles. The zero-order chi connectivity index (χ0) is 24.9. The average molecular weight is 441 g/mol. The zero-order valence-corrected chi connectivity index (χ0v) is 24.3. The molecule has 0 aliphatic carbocycles. The molecule has 0 aromatic rings. The zero-order valence-electron chi connectivity index (χ0n) is 24.3. The Hall–Kier alpha value is -0.0800. The molecular formula is C29H60O2. The molecule has 0 fully saturated rings. The van der Waals surface area contributed by atoms with Crippen molar-refractivity contribution in [2.75, 3.05) is 26.4 Å². The van der Waals surface area contributed by atoms with Crippen molar-refractivity contribution in [2.45, 2.75) is 117 Å². The summed E-state index contributed by atoms with van der Waals surface area (Å²) in [7, 11) is 0. The van der Waals surface area contributed by atoms with Crippen LogP contribution in [0.3, 0.4) is 0 Å². The van der Waals surface area contributed by atoms with E-state index in [0.29, 0.717) is 28.6 Å². The average Bonchev–Trinajstić information content (AvgIpc) is 2.45. The Bertz CT molecular complexity index is 445. The molecule has 0 aliphatic rings. The predicted molar refractivity (Wildman–Crippen MR) is 139 cm³/mol.